The molecule has 0 spiro atoms. The Kier molecular flexibility index (Phi) is 5.29. The number of nitrogens with one attached hydrogen (secondary N) is 1. The van der Waals surface area contributed by atoms with E-state index in [2.05, 4.69) is 12.2 Å². The zero-order chi connectivity index (χ0) is 12.9. The minimum atomic E-state index is -4.01. The van der Waals surface area contributed by atoms with E-state index in [1.807, 2.05) is 6.92 Å². The van der Waals surface area contributed by atoms with Crippen molar-refractivity contribution in [2.45, 2.75) is 71.0 Å². The Bertz CT molecular complexity index is 219. The SMILES string of the molecule is CCNC(CCCC(F)(F)F)C1(C)CCCC1. The first-order valence-electron chi connectivity index (χ1n) is 6.67. The van der Waals surface area contributed by atoms with Crippen LogP contribution in [0.5, 0.6) is 0 Å². The van der Waals surface area contributed by atoms with Crippen LogP contribution in [0.2, 0.25) is 0 Å². The number of hydrogen-bond donors (Lipinski definition) is 1. The van der Waals surface area contributed by atoms with Crippen molar-refractivity contribution in [2.75, 3.05) is 6.54 Å². The fourth-order valence-electron chi connectivity index (χ4n) is 2.98. The van der Waals surface area contributed by atoms with E-state index in [1.165, 1.54) is 12.8 Å². The largest absolute Gasteiger partial charge is 0.389 e. The summed E-state index contributed by atoms with van der Waals surface area (Å²) in [6, 6.07) is 0.248. The maximum atomic E-state index is 12.1. The third-order valence-corrected chi connectivity index (χ3v) is 3.99. The Hall–Kier alpha value is -0.250. The molecule has 102 valence electrons. The zero-order valence-electron chi connectivity index (χ0n) is 10.9. The monoisotopic (exact) mass is 251 g/mol. The molecule has 1 rings (SSSR count). The van der Waals surface area contributed by atoms with E-state index in [1.54, 1.807) is 0 Å². The minimum absolute atomic E-state index is 0.210. The van der Waals surface area contributed by atoms with Gasteiger partial charge in [0.15, 0.2) is 0 Å². The molecule has 17 heavy (non-hydrogen) atoms. The summed E-state index contributed by atoms with van der Waals surface area (Å²) in [6.07, 6.45) is 0.974. The molecule has 1 unspecified atom stereocenters. The van der Waals surface area contributed by atoms with Crippen LogP contribution in [0, 0.1) is 5.41 Å². The molecular formula is C13H24F3N. The standard InChI is InChI=1S/C13H24F3N/c1-3-17-11(7-6-10-13(14,15)16)12(2)8-4-5-9-12/h11,17H,3-10H2,1-2H3. The Labute approximate surface area is 102 Å². The van der Waals surface area contributed by atoms with Gasteiger partial charge in [-0.25, -0.2) is 0 Å². The Balaban J connectivity index is 2.43. The lowest BCUT2D eigenvalue weighted by Gasteiger charge is -2.35. The lowest BCUT2D eigenvalue weighted by molar-refractivity contribution is -0.136. The van der Waals surface area contributed by atoms with Gasteiger partial charge in [0.2, 0.25) is 0 Å². The van der Waals surface area contributed by atoms with Crippen molar-refractivity contribution in [2.24, 2.45) is 5.41 Å². The summed E-state index contributed by atoms with van der Waals surface area (Å²) in [6.45, 7) is 5.09. The third kappa shape index (κ3) is 4.86. The molecule has 0 saturated heterocycles. The maximum Gasteiger partial charge on any atom is 0.389 e. The van der Waals surface area contributed by atoms with Gasteiger partial charge < -0.3 is 5.32 Å². The number of rotatable bonds is 6. The molecule has 1 fully saturated rings. The summed E-state index contributed by atoms with van der Waals surface area (Å²) in [5, 5.41) is 3.38. The molecule has 0 amide bonds. The predicted octanol–water partition coefficient (Wildman–Crippen LogP) is 4.28. The zero-order valence-corrected chi connectivity index (χ0v) is 10.9. The molecule has 0 aliphatic heterocycles. The van der Waals surface area contributed by atoms with E-state index in [-0.39, 0.29) is 17.9 Å². The molecule has 1 N–H and O–H groups in total. The van der Waals surface area contributed by atoms with Crippen LogP contribution in [-0.4, -0.2) is 18.8 Å². The fraction of sp³-hybridized carbons (Fsp3) is 1.00. The quantitative estimate of drug-likeness (QED) is 0.743. The Morgan fingerprint density at radius 2 is 1.82 bits per heavy atom. The predicted molar refractivity (Wildman–Crippen MR) is 63.9 cm³/mol. The molecule has 1 nitrogen and oxygen atoms in total. The molecule has 1 aliphatic carbocycles. The van der Waals surface area contributed by atoms with Crippen LogP contribution >= 0.6 is 0 Å². The number of alkyl halides is 3. The van der Waals surface area contributed by atoms with E-state index in [0.717, 1.165) is 19.4 Å². The topological polar surface area (TPSA) is 12.0 Å². The highest BCUT2D eigenvalue weighted by Crippen LogP contribution is 2.42. The van der Waals surface area contributed by atoms with E-state index in [4.69, 9.17) is 0 Å². The molecule has 1 aliphatic rings. The highest BCUT2D eigenvalue weighted by Gasteiger charge is 2.36. The summed E-state index contributed by atoms with van der Waals surface area (Å²) >= 11 is 0. The molecule has 0 aromatic rings. The molecule has 1 atom stereocenters. The molecule has 4 heteroatoms. The summed E-state index contributed by atoms with van der Waals surface area (Å²) in [4.78, 5) is 0. The van der Waals surface area contributed by atoms with Crippen LogP contribution in [0.3, 0.4) is 0 Å². The van der Waals surface area contributed by atoms with Crippen LogP contribution in [0.15, 0.2) is 0 Å². The van der Waals surface area contributed by atoms with Gasteiger partial charge in [-0.3, -0.25) is 0 Å². The summed E-state index contributed by atoms with van der Waals surface area (Å²) in [5.74, 6) is 0. The fourth-order valence-corrected chi connectivity index (χ4v) is 2.98. The molecule has 0 aromatic carbocycles. The summed E-state index contributed by atoms with van der Waals surface area (Å²) in [5.41, 5.74) is 0.210. The van der Waals surface area contributed by atoms with Crippen molar-refractivity contribution in [3.05, 3.63) is 0 Å². The van der Waals surface area contributed by atoms with Gasteiger partial charge in [0.25, 0.3) is 0 Å². The highest BCUT2D eigenvalue weighted by molar-refractivity contribution is 4.91. The second-order valence-electron chi connectivity index (χ2n) is 5.48. The van der Waals surface area contributed by atoms with Gasteiger partial charge in [0, 0.05) is 12.5 Å². The average Bonchev–Trinajstić information content (AvgIpc) is 2.63. The van der Waals surface area contributed by atoms with Gasteiger partial charge in [0.05, 0.1) is 0 Å². The minimum Gasteiger partial charge on any atom is -0.314 e. The summed E-state index contributed by atoms with van der Waals surface area (Å²) in [7, 11) is 0. The molecule has 0 radical (unpaired) electrons. The third-order valence-electron chi connectivity index (χ3n) is 3.99. The van der Waals surface area contributed by atoms with Gasteiger partial charge >= 0.3 is 6.18 Å². The van der Waals surface area contributed by atoms with E-state index in [0.29, 0.717) is 6.42 Å². The van der Waals surface area contributed by atoms with Crippen LogP contribution < -0.4 is 5.32 Å². The molecular weight excluding hydrogens is 227 g/mol. The van der Waals surface area contributed by atoms with E-state index in [9.17, 15) is 13.2 Å². The van der Waals surface area contributed by atoms with Crippen LogP contribution in [0.1, 0.15) is 58.8 Å². The van der Waals surface area contributed by atoms with Gasteiger partial charge in [-0.2, -0.15) is 13.2 Å². The smallest absolute Gasteiger partial charge is 0.314 e. The van der Waals surface area contributed by atoms with Crippen molar-refractivity contribution < 1.29 is 13.2 Å². The van der Waals surface area contributed by atoms with Gasteiger partial charge in [-0.05, 0) is 37.6 Å². The van der Waals surface area contributed by atoms with Gasteiger partial charge in [-0.1, -0.05) is 26.7 Å². The molecule has 0 bridgehead atoms. The summed E-state index contributed by atoms with van der Waals surface area (Å²) < 4.78 is 36.4. The van der Waals surface area contributed by atoms with Crippen LogP contribution in [0.25, 0.3) is 0 Å². The maximum absolute atomic E-state index is 12.1. The second kappa shape index (κ2) is 6.07. The first-order chi connectivity index (χ1) is 7.87. The van der Waals surface area contributed by atoms with Crippen LogP contribution in [-0.2, 0) is 0 Å². The number of hydrogen-bond acceptors (Lipinski definition) is 1. The van der Waals surface area contributed by atoms with Crippen LogP contribution in [0.4, 0.5) is 13.2 Å². The van der Waals surface area contributed by atoms with E-state index >= 15 is 0 Å². The molecule has 0 heterocycles. The number of halogens is 3. The highest BCUT2D eigenvalue weighted by atomic mass is 19.4. The second-order valence-corrected chi connectivity index (χ2v) is 5.48. The molecule has 0 aromatic heterocycles. The van der Waals surface area contributed by atoms with Crippen molar-refractivity contribution >= 4 is 0 Å². The van der Waals surface area contributed by atoms with Crippen molar-refractivity contribution in [1.29, 1.82) is 0 Å². The Morgan fingerprint density at radius 1 is 1.24 bits per heavy atom. The van der Waals surface area contributed by atoms with Crippen molar-refractivity contribution in [1.82, 2.24) is 5.32 Å². The lowest BCUT2D eigenvalue weighted by Crippen LogP contribution is -2.42. The van der Waals surface area contributed by atoms with Gasteiger partial charge in [-0.15, -0.1) is 0 Å². The molecule has 1 saturated carbocycles. The average molecular weight is 251 g/mol. The first kappa shape index (κ1) is 14.8. The van der Waals surface area contributed by atoms with Gasteiger partial charge in [0.1, 0.15) is 0 Å². The lowest BCUT2D eigenvalue weighted by atomic mass is 9.78. The first-order valence-corrected chi connectivity index (χ1v) is 6.67. The van der Waals surface area contributed by atoms with E-state index < -0.39 is 12.6 Å². The normalized spacial score (nSPS) is 21.7. The van der Waals surface area contributed by atoms with Crippen molar-refractivity contribution in [3.63, 3.8) is 0 Å². The Morgan fingerprint density at radius 3 is 2.29 bits per heavy atom. The van der Waals surface area contributed by atoms with Crippen molar-refractivity contribution in [3.8, 4) is 0 Å².